The molecule has 0 saturated carbocycles. The van der Waals surface area contributed by atoms with Gasteiger partial charge in [-0.2, -0.15) is 0 Å². The highest BCUT2D eigenvalue weighted by molar-refractivity contribution is 5.79. The molecule has 5 heteroatoms. The van der Waals surface area contributed by atoms with E-state index in [1.165, 1.54) is 0 Å². The molecule has 2 heterocycles. The standard InChI is InChI=1S/C16H26N2O3/c1-5-12-8-14(19)18(9-12)11-13-6-7-17(10-13)15(20)21-16(2,3)4/h5,12-13H,1,6-11H2,2-4H3. The van der Waals surface area contributed by atoms with Gasteiger partial charge in [-0.1, -0.05) is 6.08 Å². The molecule has 2 rings (SSSR count). The Morgan fingerprint density at radius 2 is 2.14 bits per heavy atom. The molecule has 2 amide bonds. The SMILES string of the molecule is C=CC1CC(=O)N(CC2CCN(C(=O)OC(C)(C)C)C2)C1. The summed E-state index contributed by atoms with van der Waals surface area (Å²) < 4.78 is 5.39. The number of amides is 2. The van der Waals surface area contributed by atoms with Gasteiger partial charge in [-0.15, -0.1) is 6.58 Å². The Morgan fingerprint density at radius 3 is 2.71 bits per heavy atom. The second-order valence-electron chi connectivity index (χ2n) is 7.08. The van der Waals surface area contributed by atoms with E-state index in [1.807, 2.05) is 31.7 Å². The lowest BCUT2D eigenvalue weighted by molar-refractivity contribution is -0.128. The molecule has 5 nitrogen and oxygen atoms in total. The molecular weight excluding hydrogens is 268 g/mol. The van der Waals surface area contributed by atoms with Gasteiger partial charge >= 0.3 is 6.09 Å². The van der Waals surface area contributed by atoms with E-state index in [2.05, 4.69) is 6.58 Å². The first-order valence-corrected chi connectivity index (χ1v) is 7.66. The van der Waals surface area contributed by atoms with Gasteiger partial charge in [-0.3, -0.25) is 4.79 Å². The number of likely N-dealkylation sites (tertiary alicyclic amines) is 2. The predicted octanol–water partition coefficient (Wildman–Crippen LogP) is 2.28. The zero-order chi connectivity index (χ0) is 15.6. The summed E-state index contributed by atoms with van der Waals surface area (Å²) in [5.41, 5.74) is -0.461. The fourth-order valence-corrected chi connectivity index (χ4v) is 2.92. The number of nitrogens with zero attached hydrogens (tertiary/aromatic N) is 2. The number of rotatable bonds is 3. The largest absolute Gasteiger partial charge is 0.444 e. The molecule has 2 aliphatic heterocycles. The zero-order valence-corrected chi connectivity index (χ0v) is 13.3. The van der Waals surface area contributed by atoms with Gasteiger partial charge in [0.2, 0.25) is 5.91 Å². The van der Waals surface area contributed by atoms with Crippen LogP contribution in [0.4, 0.5) is 4.79 Å². The van der Waals surface area contributed by atoms with Gasteiger partial charge in [0, 0.05) is 38.5 Å². The molecule has 2 unspecified atom stereocenters. The molecule has 0 aromatic rings. The Labute approximate surface area is 126 Å². The lowest BCUT2D eigenvalue weighted by Gasteiger charge is -2.25. The predicted molar refractivity (Wildman–Crippen MR) is 80.8 cm³/mol. The minimum Gasteiger partial charge on any atom is -0.444 e. The molecule has 0 N–H and O–H groups in total. The Balaban J connectivity index is 1.82. The maximum atomic E-state index is 12.0. The van der Waals surface area contributed by atoms with E-state index in [1.54, 1.807) is 4.90 Å². The quantitative estimate of drug-likeness (QED) is 0.750. The zero-order valence-electron chi connectivity index (χ0n) is 13.3. The number of carbonyl (C=O) groups excluding carboxylic acids is 2. The van der Waals surface area contributed by atoms with E-state index in [-0.39, 0.29) is 17.9 Å². The first kappa shape index (κ1) is 15.9. The molecule has 0 aliphatic carbocycles. The van der Waals surface area contributed by atoms with Gasteiger partial charge in [0.15, 0.2) is 0 Å². The Bertz CT molecular complexity index is 428. The Hall–Kier alpha value is -1.52. The normalized spacial score (nSPS) is 26.3. The van der Waals surface area contributed by atoms with Gasteiger partial charge in [0.1, 0.15) is 5.60 Å². The van der Waals surface area contributed by atoms with E-state index in [0.717, 1.165) is 19.5 Å². The average Bonchev–Trinajstić information content (AvgIpc) is 2.95. The Kier molecular flexibility index (Phi) is 4.59. The Morgan fingerprint density at radius 1 is 1.43 bits per heavy atom. The fourth-order valence-electron chi connectivity index (χ4n) is 2.92. The third kappa shape index (κ3) is 4.22. The van der Waals surface area contributed by atoms with Crippen LogP contribution < -0.4 is 0 Å². The summed E-state index contributed by atoms with van der Waals surface area (Å²) >= 11 is 0. The van der Waals surface area contributed by atoms with Crippen LogP contribution in [0.2, 0.25) is 0 Å². The van der Waals surface area contributed by atoms with Crippen LogP contribution in [0.5, 0.6) is 0 Å². The summed E-state index contributed by atoms with van der Waals surface area (Å²) in [7, 11) is 0. The molecule has 0 bridgehead atoms. The number of hydrogen-bond donors (Lipinski definition) is 0. The molecular formula is C16H26N2O3. The molecule has 21 heavy (non-hydrogen) atoms. The summed E-state index contributed by atoms with van der Waals surface area (Å²) in [6.07, 6.45) is 3.12. The van der Waals surface area contributed by atoms with Crippen molar-refractivity contribution < 1.29 is 14.3 Å². The van der Waals surface area contributed by atoms with Crippen molar-refractivity contribution in [3.05, 3.63) is 12.7 Å². The first-order chi connectivity index (χ1) is 9.78. The molecule has 0 spiro atoms. The molecule has 2 atom stereocenters. The lowest BCUT2D eigenvalue weighted by Crippen LogP contribution is -2.37. The van der Waals surface area contributed by atoms with Crippen molar-refractivity contribution in [3.8, 4) is 0 Å². The molecule has 0 radical (unpaired) electrons. The number of hydrogen-bond acceptors (Lipinski definition) is 3. The maximum absolute atomic E-state index is 12.0. The lowest BCUT2D eigenvalue weighted by atomic mass is 10.1. The van der Waals surface area contributed by atoms with E-state index in [0.29, 0.717) is 25.4 Å². The topological polar surface area (TPSA) is 49.9 Å². The first-order valence-electron chi connectivity index (χ1n) is 7.66. The second kappa shape index (κ2) is 6.08. The van der Waals surface area contributed by atoms with Crippen molar-refractivity contribution in [3.63, 3.8) is 0 Å². The summed E-state index contributed by atoms with van der Waals surface area (Å²) in [5, 5.41) is 0. The molecule has 2 fully saturated rings. The van der Waals surface area contributed by atoms with Crippen LogP contribution in [0.25, 0.3) is 0 Å². The van der Waals surface area contributed by atoms with Crippen molar-refractivity contribution in [2.45, 2.75) is 39.2 Å². The minimum atomic E-state index is -0.461. The highest BCUT2D eigenvalue weighted by Gasteiger charge is 2.34. The van der Waals surface area contributed by atoms with Crippen LogP contribution in [0.1, 0.15) is 33.6 Å². The molecule has 0 aromatic heterocycles. The summed E-state index contributed by atoms with van der Waals surface area (Å²) in [4.78, 5) is 27.6. The number of carbonyl (C=O) groups is 2. The summed E-state index contributed by atoms with van der Waals surface area (Å²) in [5.74, 6) is 0.835. The third-order valence-corrected chi connectivity index (χ3v) is 3.99. The fraction of sp³-hybridized carbons (Fsp3) is 0.750. The van der Waals surface area contributed by atoms with Crippen LogP contribution in [-0.4, -0.2) is 53.6 Å². The van der Waals surface area contributed by atoms with Crippen molar-refractivity contribution in [1.29, 1.82) is 0 Å². The van der Waals surface area contributed by atoms with Crippen LogP contribution in [0, 0.1) is 11.8 Å². The van der Waals surface area contributed by atoms with Gasteiger partial charge in [-0.05, 0) is 33.1 Å². The van der Waals surface area contributed by atoms with Gasteiger partial charge < -0.3 is 14.5 Å². The van der Waals surface area contributed by atoms with Crippen molar-refractivity contribution in [2.75, 3.05) is 26.2 Å². The second-order valence-corrected chi connectivity index (χ2v) is 7.08. The smallest absolute Gasteiger partial charge is 0.410 e. The van der Waals surface area contributed by atoms with Crippen molar-refractivity contribution in [2.24, 2.45) is 11.8 Å². The van der Waals surface area contributed by atoms with Gasteiger partial charge in [-0.25, -0.2) is 4.79 Å². The highest BCUT2D eigenvalue weighted by Crippen LogP contribution is 2.24. The van der Waals surface area contributed by atoms with Crippen LogP contribution in [0.3, 0.4) is 0 Å². The van der Waals surface area contributed by atoms with E-state index >= 15 is 0 Å². The maximum Gasteiger partial charge on any atom is 0.410 e. The monoisotopic (exact) mass is 294 g/mol. The molecule has 2 saturated heterocycles. The van der Waals surface area contributed by atoms with Gasteiger partial charge in [0.05, 0.1) is 0 Å². The summed E-state index contributed by atoms with van der Waals surface area (Å²) in [6, 6.07) is 0. The minimum absolute atomic E-state index is 0.204. The van der Waals surface area contributed by atoms with Crippen molar-refractivity contribution in [1.82, 2.24) is 9.80 Å². The van der Waals surface area contributed by atoms with Crippen molar-refractivity contribution >= 4 is 12.0 Å². The van der Waals surface area contributed by atoms with Gasteiger partial charge in [0.25, 0.3) is 0 Å². The molecule has 118 valence electrons. The summed E-state index contributed by atoms with van der Waals surface area (Å²) in [6.45, 7) is 12.3. The average molecular weight is 294 g/mol. The molecule has 0 aromatic carbocycles. The molecule has 2 aliphatic rings. The van der Waals surface area contributed by atoms with Crippen LogP contribution in [-0.2, 0) is 9.53 Å². The van der Waals surface area contributed by atoms with E-state index < -0.39 is 5.60 Å². The van der Waals surface area contributed by atoms with Crippen LogP contribution in [0.15, 0.2) is 12.7 Å². The third-order valence-electron chi connectivity index (χ3n) is 3.99. The van der Waals surface area contributed by atoms with E-state index in [9.17, 15) is 9.59 Å². The number of ether oxygens (including phenoxy) is 1. The van der Waals surface area contributed by atoms with Crippen LogP contribution >= 0.6 is 0 Å². The van der Waals surface area contributed by atoms with E-state index in [4.69, 9.17) is 4.74 Å². The highest BCUT2D eigenvalue weighted by atomic mass is 16.6.